The van der Waals surface area contributed by atoms with Gasteiger partial charge in [-0.05, 0) is 0 Å². The van der Waals surface area contributed by atoms with Crippen molar-refractivity contribution >= 4 is 36.5 Å². The van der Waals surface area contributed by atoms with Crippen LogP contribution in [0.15, 0.2) is 0 Å². The van der Waals surface area contributed by atoms with Crippen LogP contribution < -0.4 is 5.73 Å². The van der Waals surface area contributed by atoms with Crippen molar-refractivity contribution in [3.63, 3.8) is 0 Å². The molecule has 0 saturated carbocycles. The molecule has 22 heavy (non-hydrogen) atoms. The normalized spacial score (nSPS) is 10.7. The van der Waals surface area contributed by atoms with Crippen LogP contribution in [0.25, 0.3) is 0 Å². The topological polar surface area (TPSA) is 195 Å². The van der Waals surface area contributed by atoms with Crippen molar-refractivity contribution in [2.24, 2.45) is 5.73 Å². The molecule has 0 unspecified atom stereocenters. The molecule has 1 atom stereocenters. The Morgan fingerprint density at radius 1 is 0.955 bits per heavy atom. The van der Waals surface area contributed by atoms with Gasteiger partial charge in [0.05, 0.1) is 12.8 Å². The van der Waals surface area contributed by atoms with Crippen molar-refractivity contribution in [3.8, 4) is 0 Å². The number of thiol groups is 1. The summed E-state index contributed by atoms with van der Waals surface area (Å²) in [7, 11) is 0. The van der Waals surface area contributed by atoms with Crippen LogP contribution in [-0.2, 0) is 58.1 Å². The van der Waals surface area contributed by atoms with Crippen LogP contribution in [0.4, 0.5) is 0 Å². The van der Waals surface area contributed by atoms with E-state index in [0.717, 1.165) is 0 Å². The first-order valence-electron chi connectivity index (χ1n) is 4.95. The minimum Gasteiger partial charge on any atom is -0.481 e. The molecule has 0 aromatic carbocycles. The van der Waals surface area contributed by atoms with Gasteiger partial charge >= 0.3 is 23.9 Å². The third kappa shape index (κ3) is 14.3. The summed E-state index contributed by atoms with van der Waals surface area (Å²) in [5.74, 6) is -5.83. The number of carboxylic acids is 4. The van der Waals surface area contributed by atoms with Crippen molar-refractivity contribution in [1.82, 2.24) is 0 Å². The molecule has 0 bridgehead atoms. The van der Waals surface area contributed by atoms with E-state index in [-0.39, 0.29) is 44.7 Å². The summed E-state index contributed by atoms with van der Waals surface area (Å²) in [5.41, 5.74) is 2.20. The Kier molecular flexibility index (Phi) is 18.7. The van der Waals surface area contributed by atoms with Gasteiger partial charge in [0.1, 0.15) is 6.04 Å². The summed E-state index contributed by atoms with van der Waals surface area (Å²) in [6, 6.07) is -0.816. The molecular weight excluding hydrogens is 429 g/mol. The zero-order chi connectivity index (χ0) is 16.5. The van der Waals surface area contributed by atoms with Gasteiger partial charge in [-0.1, -0.05) is 0 Å². The summed E-state index contributed by atoms with van der Waals surface area (Å²) in [6.07, 6.45) is -2.29. The Bertz CT molecular complexity index is 377. The number of nitrogens with two attached hydrogens (primary N) is 1. The van der Waals surface area contributed by atoms with Crippen molar-refractivity contribution in [2.75, 3.05) is 5.75 Å². The zero-order valence-corrected chi connectivity index (χ0v) is 18.3. The molecule has 0 fully saturated rings. The van der Waals surface area contributed by atoms with Gasteiger partial charge in [-0.25, -0.2) is 4.79 Å². The molecule has 0 aliphatic carbocycles. The van der Waals surface area contributed by atoms with E-state index in [1.165, 1.54) is 0 Å². The number of aliphatic carboxylic acids is 4. The number of carboxylic acid groups (broad SMARTS) is 4. The van der Waals surface area contributed by atoms with Crippen LogP contribution in [-0.4, -0.2) is 66.8 Å². The molecule has 0 rings (SSSR count). The second kappa shape index (κ2) is 14.0. The predicted molar refractivity (Wildman–Crippen MR) is 66.6 cm³/mol. The standard InChI is InChI=1S/C6H8O7.C3H7NO2S.2Zn/c7-3(8)1-6(13,5(11)12)2-4(9)10;4-2(1-7)3(5)6;;/h13H,1-2H2,(H,7,8)(H,9,10)(H,11,12);2,7H,1,4H2,(H,5,6);;/t;2-;;/m.0../s1. The molecule has 0 heterocycles. The molecule has 0 aromatic heterocycles. The van der Waals surface area contributed by atoms with Crippen LogP contribution >= 0.6 is 12.6 Å². The smallest absolute Gasteiger partial charge is 0.336 e. The van der Waals surface area contributed by atoms with Crippen LogP contribution in [0.5, 0.6) is 0 Å². The van der Waals surface area contributed by atoms with Crippen LogP contribution in [0.2, 0.25) is 0 Å². The third-order valence-electron chi connectivity index (χ3n) is 1.80. The van der Waals surface area contributed by atoms with E-state index in [2.05, 4.69) is 12.6 Å². The second-order valence-electron chi connectivity index (χ2n) is 3.61. The predicted octanol–water partition coefficient (Wildman–Crippen LogP) is -1.93. The van der Waals surface area contributed by atoms with Gasteiger partial charge in [0.25, 0.3) is 0 Å². The van der Waals surface area contributed by atoms with Crippen LogP contribution in [0.1, 0.15) is 12.8 Å². The van der Waals surface area contributed by atoms with Crippen molar-refractivity contribution in [3.05, 3.63) is 0 Å². The summed E-state index contributed by atoms with van der Waals surface area (Å²) >= 11 is 3.65. The molecule has 13 heteroatoms. The number of aliphatic hydroxyl groups is 1. The minimum absolute atomic E-state index is 0. The Balaban J connectivity index is -0.000000156. The molecule has 0 aliphatic heterocycles. The first-order valence-corrected chi connectivity index (χ1v) is 5.58. The average Bonchev–Trinajstić information content (AvgIpc) is 2.26. The monoisotopic (exact) mass is 441 g/mol. The van der Waals surface area contributed by atoms with Gasteiger partial charge in [-0.15, -0.1) is 0 Å². The molecule has 120 valence electrons. The van der Waals surface area contributed by atoms with E-state index in [1.54, 1.807) is 0 Å². The number of carbonyl (C=O) groups is 4. The summed E-state index contributed by atoms with van der Waals surface area (Å²) in [6.45, 7) is 0. The van der Waals surface area contributed by atoms with Crippen molar-refractivity contribution in [1.29, 1.82) is 0 Å². The fourth-order valence-corrected chi connectivity index (χ4v) is 0.948. The number of hydrogen-bond donors (Lipinski definition) is 7. The molecule has 0 amide bonds. The molecule has 0 aromatic rings. The Morgan fingerprint density at radius 2 is 1.27 bits per heavy atom. The van der Waals surface area contributed by atoms with Gasteiger partial charge in [0.2, 0.25) is 0 Å². The molecule has 0 saturated heterocycles. The summed E-state index contributed by atoms with van der Waals surface area (Å²) in [5, 5.41) is 41.8. The maximum absolute atomic E-state index is 10.3. The fraction of sp³-hybridized carbons (Fsp3) is 0.556. The van der Waals surface area contributed by atoms with E-state index in [9.17, 15) is 19.2 Å². The maximum Gasteiger partial charge on any atom is 0.336 e. The Morgan fingerprint density at radius 3 is 1.36 bits per heavy atom. The first-order chi connectivity index (χ1) is 8.96. The van der Waals surface area contributed by atoms with Gasteiger partial charge in [-0.3, -0.25) is 14.4 Å². The molecule has 0 radical (unpaired) electrons. The maximum atomic E-state index is 10.3. The fourth-order valence-electron chi connectivity index (χ4n) is 0.792. The average molecular weight is 444 g/mol. The molecule has 0 spiro atoms. The van der Waals surface area contributed by atoms with Crippen LogP contribution in [0.3, 0.4) is 0 Å². The molecular formula is C9H15NO9SZn2. The van der Waals surface area contributed by atoms with Gasteiger partial charge in [-0.2, -0.15) is 12.6 Å². The number of hydrogen-bond acceptors (Lipinski definition) is 7. The van der Waals surface area contributed by atoms with E-state index in [4.69, 9.17) is 31.3 Å². The van der Waals surface area contributed by atoms with E-state index in [1.807, 2.05) is 0 Å². The quantitative estimate of drug-likeness (QED) is 0.172. The van der Waals surface area contributed by atoms with E-state index in [0.29, 0.717) is 0 Å². The number of rotatable bonds is 7. The summed E-state index contributed by atoms with van der Waals surface area (Å²) < 4.78 is 0. The minimum atomic E-state index is -2.74. The molecule has 0 aliphatic rings. The van der Waals surface area contributed by atoms with E-state index >= 15 is 0 Å². The van der Waals surface area contributed by atoms with Gasteiger partial charge < -0.3 is 31.3 Å². The summed E-state index contributed by atoms with van der Waals surface area (Å²) in [4.78, 5) is 40.2. The SMILES string of the molecule is N[C@@H](CS)C(=O)O.O=C(O)CC(O)(CC(=O)O)C(=O)O.[Zn].[Zn]. The van der Waals surface area contributed by atoms with E-state index < -0.39 is 48.4 Å². The first kappa shape index (κ1) is 29.4. The second-order valence-corrected chi connectivity index (χ2v) is 3.97. The Labute approximate surface area is 156 Å². The zero-order valence-electron chi connectivity index (χ0n) is 11.5. The Hall–Kier alpha value is -0.603. The van der Waals surface area contributed by atoms with Gasteiger partial charge in [0.15, 0.2) is 5.60 Å². The largest absolute Gasteiger partial charge is 0.481 e. The van der Waals surface area contributed by atoms with Crippen molar-refractivity contribution < 1.29 is 83.7 Å². The van der Waals surface area contributed by atoms with Crippen LogP contribution in [0, 0.1) is 0 Å². The third-order valence-corrected chi connectivity index (χ3v) is 2.19. The molecule has 7 N–H and O–H groups in total. The molecule has 10 nitrogen and oxygen atoms in total. The van der Waals surface area contributed by atoms with Gasteiger partial charge in [0, 0.05) is 44.7 Å². The van der Waals surface area contributed by atoms with Crippen molar-refractivity contribution in [2.45, 2.75) is 24.5 Å².